The molecule has 1 aromatic rings. The van der Waals surface area contributed by atoms with Crippen molar-refractivity contribution in [3.05, 3.63) is 29.6 Å². The van der Waals surface area contributed by atoms with E-state index in [1.807, 2.05) is 12.4 Å². The van der Waals surface area contributed by atoms with Crippen LogP contribution in [-0.4, -0.2) is 54.1 Å². The summed E-state index contributed by atoms with van der Waals surface area (Å²) in [6.07, 6.45) is 12.9. The van der Waals surface area contributed by atoms with Crippen LogP contribution in [0.1, 0.15) is 56.6 Å². The third kappa shape index (κ3) is 6.89. The van der Waals surface area contributed by atoms with Gasteiger partial charge in [-0.2, -0.15) is 0 Å². The Morgan fingerprint density at radius 3 is 2.63 bits per heavy atom. The highest BCUT2D eigenvalue weighted by Gasteiger charge is 2.27. The molecule has 6 heteroatoms. The van der Waals surface area contributed by atoms with Gasteiger partial charge in [-0.3, -0.25) is 9.98 Å². The summed E-state index contributed by atoms with van der Waals surface area (Å²) in [5, 5.41) is 7.08. The fourth-order valence-corrected chi connectivity index (χ4v) is 4.26. The maximum absolute atomic E-state index is 4.80. The number of hydrogen-bond acceptors (Lipinski definition) is 3. The molecule has 5 nitrogen and oxygen atoms in total. The van der Waals surface area contributed by atoms with E-state index in [-0.39, 0.29) is 24.0 Å². The Morgan fingerprint density at radius 1 is 1.22 bits per heavy atom. The van der Waals surface area contributed by atoms with Gasteiger partial charge in [0.15, 0.2) is 5.96 Å². The number of pyridine rings is 1. The van der Waals surface area contributed by atoms with Crippen molar-refractivity contribution in [2.24, 2.45) is 4.99 Å². The van der Waals surface area contributed by atoms with Crippen molar-refractivity contribution in [3.8, 4) is 0 Å². The summed E-state index contributed by atoms with van der Waals surface area (Å²) in [6.45, 7) is 8.43. The lowest BCUT2D eigenvalue weighted by Crippen LogP contribution is -2.50. The van der Waals surface area contributed by atoms with Crippen LogP contribution in [0.25, 0.3) is 0 Å². The number of aromatic nitrogens is 1. The first-order valence-corrected chi connectivity index (χ1v) is 10.4. The van der Waals surface area contributed by atoms with Crippen LogP contribution in [0.5, 0.6) is 0 Å². The topological polar surface area (TPSA) is 52.6 Å². The number of aryl methyl sites for hydroxylation is 1. The molecule has 0 spiro atoms. The van der Waals surface area contributed by atoms with Crippen LogP contribution in [0.2, 0.25) is 0 Å². The van der Waals surface area contributed by atoms with Gasteiger partial charge in [0.05, 0.1) is 0 Å². The number of nitrogens with one attached hydrogen (secondary N) is 2. The maximum atomic E-state index is 4.80. The van der Waals surface area contributed by atoms with Crippen LogP contribution in [0.15, 0.2) is 23.5 Å². The Balaban J connectivity index is 0.00000261. The average molecular weight is 485 g/mol. The Hall–Kier alpha value is -0.890. The van der Waals surface area contributed by atoms with E-state index in [4.69, 9.17) is 4.99 Å². The van der Waals surface area contributed by atoms with E-state index in [1.165, 1.54) is 62.7 Å². The van der Waals surface area contributed by atoms with Crippen LogP contribution in [0.4, 0.5) is 0 Å². The lowest BCUT2D eigenvalue weighted by atomic mass is 10.0. The van der Waals surface area contributed by atoms with Gasteiger partial charge in [0, 0.05) is 50.7 Å². The zero-order valence-corrected chi connectivity index (χ0v) is 19.2. The van der Waals surface area contributed by atoms with Crippen molar-refractivity contribution in [1.29, 1.82) is 0 Å². The fraction of sp³-hybridized carbons (Fsp3) is 0.714. The quantitative estimate of drug-likeness (QED) is 0.368. The van der Waals surface area contributed by atoms with Crippen molar-refractivity contribution >= 4 is 29.9 Å². The number of piperidine rings is 1. The van der Waals surface area contributed by atoms with E-state index in [0.717, 1.165) is 31.5 Å². The minimum atomic E-state index is 0. The normalized spacial score (nSPS) is 19.7. The zero-order chi connectivity index (χ0) is 18.2. The van der Waals surface area contributed by atoms with Gasteiger partial charge >= 0.3 is 0 Å². The fourth-order valence-electron chi connectivity index (χ4n) is 4.26. The van der Waals surface area contributed by atoms with Gasteiger partial charge in [-0.15, -0.1) is 24.0 Å². The summed E-state index contributed by atoms with van der Waals surface area (Å²) in [7, 11) is 0. The number of guanidine groups is 1. The van der Waals surface area contributed by atoms with E-state index in [1.54, 1.807) is 0 Å². The molecule has 2 heterocycles. The lowest BCUT2D eigenvalue weighted by Gasteiger charge is -2.36. The monoisotopic (exact) mass is 485 g/mol. The molecule has 2 aliphatic rings. The molecule has 27 heavy (non-hydrogen) atoms. The number of halogens is 1. The molecule has 0 radical (unpaired) electrons. The maximum Gasteiger partial charge on any atom is 0.191 e. The Labute approximate surface area is 181 Å². The predicted molar refractivity (Wildman–Crippen MR) is 124 cm³/mol. The molecule has 0 bridgehead atoms. The molecule has 1 saturated heterocycles. The number of aliphatic imine (C=N–C) groups is 1. The van der Waals surface area contributed by atoms with E-state index >= 15 is 0 Å². The van der Waals surface area contributed by atoms with Gasteiger partial charge in [-0.05, 0) is 63.1 Å². The minimum absolute atomic E-state index is 0. The molecule has 0 unspecified atom stereocenters. The van der Waals surface area contributed by atoms with Gasteiger partial charge in [0.2, 0.25) is 0 Å². The van der Waals surface area contributed by atoms with Crippen molar-refractivity contribution < 1.29 is 0 Å². The molecule has 2 N–H and O–H groups in total. The smallest absolute Gasteiger partial charge is 0.191 e. The highest BCUT2D eigenvalue weighted by atomic mass is 127. The average Bonchev–Trinajstić information content (AvgIpc) is 3.19. The standard InChI is InChI=1S/C21H35N5.HI/c1-3-23-21(24-13-9-18-8-12-22-16-17(18)2)25-19-10-14-26(15-11-19)20-6-4-5-7-20;/h8,12,16,19-20H,3-7,9-11,13-15H2,1-2H3,(H2,23,24,25);1H. The van der Waals surface area contributed by atoms with Crippen molar-refractivity contribution in [3.63, 3.8) is 0 Å². The molecule has 1 aliphatic carbocycles. The summed E-state index contributed by atoms with van der Waals surface area (Å²) < 4.78 is 0. The second-order valence-corrected chi connectivity index (χ2v) is 7.71. The van der Waals surface area contributed by atoms with Crippen LogP contribution in [-0.2, 0) is 6.42 Å². The van der Waals surface area contributed by atoms with Gasteiger partial charge in [0.25, 0.3) is 0 Å². The first-order chi connectivity index (χ1) is 12.8. The predicted octanol–water partition coefficient (Wildman–Crippen LogP) is 3.51. The third-order valence-electron chi connectivity index (χ3n) is 5.84. The van der Waals surface area contributed by atoms with Gasteiger partial charge in [-0.1, -0.05) is 12.8 Å². The van der Waals surface area contributed by atoms with Crippen LogP contribution in [0, 0.1) is 6.92 Å². The number of rotatable bonds is 6. The number of likely N-dealkylation sites (tertiary alicyclic amines) is 1. The summed E-state index contributed by atoms with van der Waals surface area (Å²) >= 11 is 0. The zero-order valence-electron chi connectivity index (χ0n) is 16.9. The van der Waals surface area contributed by atoms with E-state index in [0.29, 0.717) is 6.04 Å². The molecule has 0 atom stereocenters. The number of hydrogen-bond donors (Lipinski definition) is 2. The molecule has 152 valence electrons. The lowest BCUT2D eigenvalue weighted by molar-refractivity contribution is 0.150. The highest BCUT2D eigenvalue weighted by Crippen LogP contribution is 2.26. The molecular weight excluding hydrogens is 449 g/mol. The molecule has 3 rings (SSSR count). The molecular formula is C21H36IN5. The molecule has 2 fully saturated rings. The molecule has 0 amide bonds. The van der Waals surface area contributed by atoms with Crippen molar-refractivity contribution in [1.82, 2.24) is 20.5 Å². The summed E-state index contributed by atoms with van der Waals surface area (Å²) in [4.78, 5) is 11.7. The third-order valence-corrected chi connectivity index (χ3v) is 5.84. The molecule has 1 aliphatic heterocycles. The van der Waals surface area contributed by atoms with Crippen LogP contribution in [0.3, 0.4) is 0 Å². The second-order valence-electron chi connectivity index (χ2n) is 7.71. The molecule has 1 aromatic heterocycles. The van der Waals surface area contributed by atoms with Gasteiger partial charge < -0.3 is 15.5 Å². The Morgan fingerprint density at radius 2 is 1.96 bits per heavy atom. The Kier molecular flexibility index (Phi) is 9.82. The van der Waals surface area contributed by atoms with Gasteiger partial charge in [0.1, 0.15) is 0 Å². The minimum Gasteiger partial charge on any atom is -0.357 e. The van der Waals surface area contributed by atoms with Gasteiger partial charge in [-0.25, -0.2) is 0 Å². The Bertz CT molecular complexity index is 578. The van der Waals surface area contributed by atoms with Crippen molar-refractivity contribution in [2.75, 3.05) is 26.2 Å². The van der Waals surface area contributed by atoms with Crippen LogP contribution < -0.4 is 10.6 Å². The summed E-state index contributed by atoms with van der Waals surface area (Å²) in [6, 6.07) is 3.51. The van der Waals surface area contributed by atoms with Crippen LogP contribution >= 0.6 is 24.0 Å². The molecule has 0 aromatic carbocycles. The summed E-state index contributed by atoms with van der Waals surface area (Å²) in [5.74, 6) is 0.971. The second kappa shape index (κ2) is 11.8. The highest BCUT2D eigenvalue weighted by molar-refractivity contribution is 14.0. The summed E-state index contributed by atoms with van der Waals surface area (Å²) in [5.41, 5.74) is 2.59. The van der Waals surface area contributed by atoms with E-state index in [2.05, 4.69) is 40.4 Å². The van der Waals surface area contributed by atoms with E-state index < -0.39 is 0 Å². The first-order valence-electron chi connectivity index (χ1n) is 10.4. The number of nitrogens with zero attached hydrogens (tertiary/aromatic N) is 3. The molecule has 1 saturated carbocycles. The van der Waals surface area contributed by atoms with E-state index in [9.17, 15) is 0 Å². The SMILES string of the molecule is CCNC(=NCCc1ccncc1C)NC1CCN(C2CCCC2)CC1.I. The first kappa shape index (κ1) is 22.4. The van der Waals surface area contributed by atoms with Crippen molar-refractivity contribution in [2.45, 2.75) is 70.9 Å². The largest absolute Gasteiger partial charge is 0.357 e.